The monoisotopic (exact) mass is 181 g/mol. The molecule has 0 saturated heterocycles. The van der Waals surface area contributed by atoms with Crippen molar-refractivity contribution in [1.82, 2.24) is 4.90 Å². The summed E-state index contributed by atoms with van der Waals surface area (Å²) in [5.74, 6) is 0.289. The fraction of sp³-hybridized carbons (Fsp3) is 1.00. The molecule has 4 heteroatoms. The van der Waals surface area contributed by atoms with Crippen LogP contribution in [0.2, 0.25) is 0 Å². The molecule has 0 aromatic carbocycles. The van der Waals surface area contributed by atoms with Crippen molar-refractivity contribution < 1.29 is 9.84 Å². The van der Waals surface area contributed by atoms with E-state index in [4.69, 9.17) is 21.4 Å². The number of aliphatic hydroxyl groups excluding tert-OH is 1. The van der Waals surface area contributed by atoms with Gasteiger partial charge in [-0.1, -0.05) is 0 Å². The number of hydrogen-bond acceptors (Lipinski definition) is 3. The summed E-state index contributed by atoms with van der Waals surface area (Å²) in [6.45, 7) is 2.11. The number of nitrogens with zero attached hydrogens (tertiary/aromatic N) is 1. The third-order valence-corrected chi connectivity index (χ3v) is 1.73. The van der Waals surface area contributed by atoms with Crippen LogP contribution in [0.1, 0.15) is 0 Å². The van der Waals surface area contributed by atoms with Gasteiger partial charge in [0.1, 0.15) is 0 Å². The minimum atomic E-state index is -0.432. The fourth-order valence-electron chi connectivity index (χ4n) is 0.747. The third kappa shape index (κ3) is 6.56. The number of halogens is 1. The molecule has 68 valence electrons. The summed E-state index contributed by atoms with van der Waals surface area (Å²) in [5.41, 5.74) is 0. The van der Waals surface area contributed by atoms with Gasteiger partial charge in [-0.15, -0.1) is 11.6 Å². The molecule has 1 unspecified atom stereocenters. The fourth-order valence-corrected chi connectivity index (χ4v) is 0.845. The lowest BCUT2D eigenvalue weighted by molar-refractivity contribution is 0.115. The molecule has 0 aromatic rings. The van der Waals surface area contributed by atoms with E-state index in [1.165, 1.54) is 0 Å². The summed E-state index contributed by atoms with van der Waals surface area (Å²) >= 11 is 5.42. The summed E-state index contributed by atoms with van der Waals surface area (Å²) in [6, 6.07) is 0. The van der Waals surface area contributed by atoms with Crippen molar-refractivity contribution in [3.63, 3.8) is 0 Å². The van der Waals surface area contributed by atoms with Crippen LogP contribution in [0.4, 0.5) is 0 Å². The van der Waals surface area contributed by atoms with Crippen LogP contribution >= 0.6 is 11.6 Å². The van der Waals surface area contributed by atoms with E-state index in [2.05, 4.69) is 0 Å². The van der Waals surface area contributed by atoms with Gasteiger partial charge in [0.05, 0.1) is 12.7 Å². The van der Waals surface area contributed by atoms with E-state index < -0.39 is 6.10 Å². The first kappa shape index (κ1) is 11.2. The Balaban J connectivity index is 3.27. The number of likely N-dealkylation sites (N-methyl/N-ethyl adjacent to an activating group) is 1. The van der Waals surface area contributed by atoms with Gasteiger partial charge in [0, 0.05) is 26.1 Å². The summed E-state index contributed by atoms with van der Waals surface area (Å²) < 4.78 is 4.87. The summed E-state index contributed by atoms with van der Waals surface area (Å²) in [4.78, 5) is 1.98. The van der Waals surface area contributed by atoms with E-state index in [9.17, 15) is 0 Å². The van der Waals surface area contributed by atoms with Gasteiger partial charge < -0.3 is 14.7 Å². The molecule has 0 spiro atoms. The van der Waals surface area contributed by atoms with Crippen LogP contribution in [-0.2, 0) is 4.74 Å². The molecule has 0 aliphatic carbocycles. The zero-order valence-corrected chi connectivity index (χ0v) is 7.84. The van der Waals surface area contributed by atoms with Crippen molar-refractivity contribution in [2.75, 3.05) is 39.7 Å². The van der Waals surface area contributed by atoms with Crippen molar-refractivity contribution in [3.8, 4) is 0 Å². The van der Waals surface area contributed by atoms with E-state index in [1.54, 1.807) is 7.11 Å². The number of alkyl halides is 1. The van der Waals surface area contributed by atoms with Gasteiger partial charge in [0.25, 0.3) is 0 Å². The van der Waals surface area contributed by atoms with Crippen LogP contribution in [0.3, 0.4) is 0 Å². The molecule has 0 fully saturated rings. The van der Waals surface area contributed by atoms with Crippen LogP contribution in [0.25, 0.3) is 0 Å². The van der Waals surface area contributed by atoms with Crippen molar-refractivity contribution in [2.45, 2.75) is 6.10 Å². The smallest absolute Gasteiger partial charge is 0.0802 e. The quantitative estimate of drug-likeness (QED) is 0.593. The number of aliphatic hydroxyl groups is 1. The Kier molecular flexibility index (Phi) is 6.96. The lowest BCUT2D eigenvalue weighted by atomic mass is 10.4. The van der Waals surface area contributed by atoms with Crippen LogP contribution in [0.5, 0.6) is 0 Å². The predicted octanol–water partition coefficient (Wildman–Crippen LogP) is 0.164. The Labute approximate surface area is 72.9 Å². The number of hydrogen-bond donors (Lipinski definition) is 1. The number of rotatable bonds is 6. The summed E-state index contributed by atoms with van der Waals surface area (Å²) in [5, 5.41) is 9.11. The second kappa shape index (κ2) is 6.85. The SMILES string of the molecule is COCCN(C)CC(O)CCl. The highest BCUT2D eigenvalue weighted by Gasteiger charge is 2.05. The van der Waals surface area contributed by atoms with Crippen LogP contribution in [-0.4, -0.2) is 55.8 Å². The third-order valence-electron chi connectivity index (χ3n) is 1.38. The topological polar surface area (TPSA) is 32.7 Å². The first-order valence-electron chi connectivity index (χ1n) is 3.62. The molecule has 0 radical (unpaired) electrons. The highest BCUT2D eigenvalue weighted by molar-refractivity contribution is 6.18. The molecule has 0 aliphatic heterocycles. The molecular weight excluding hydrogens is 166 g/mol. The zero-order valence-electron chi connectivity index (χ0n) is 7.09. The average Bonchev–Trinajstić information content (AvgIpc) is 2.00. The molecule has 0 bridgehead atoms. The molecule has 0 rings (SSSR count). The van der Waals surface area contributed by atoms with Crippen LogP contribution in [0.15, 0.2) is 0 Å². The highest BCUT2D eigenvalue weighted by Crippen LogP contribution is 1.91. The average molecular weight is 182 g/mol. The van der Waals surface area contributed by atoms with Gasteiger partial charge in [0.15, 0.2) is 0 Å². The molecule has 0 saturated carbocycles. The maximum atomic E-state index is 9.11. The molecule has 0 aliphatic rings. The Morgan fingerprint density at radius 1 is 1.64 bits per heavy atom. The van der Waals surface area contributed by atoms with Gasteiger partial charge in [0.2, 0.25) is 0 Å². The Morgan fingerprint density at radius 2 is 2.27 bits per heavy atom. The summed E-state index contributed by atoms with van der Waals surface area (Å²) in [6.07, 6.45) is -0.432. The molecule has 3 nitrogen and oxygen atoms in total. The molecule has 0 aromatic heterocycles. The van der Waals surface area contributed by atoms with E-state index in [1.807, 2.05) is 11.9 Å². The molecule has 0 amide bonds. The first-order valence-corrected chi connectivity index (χ1v) is 4.15. The Bertz CT molecular complexity index is 92.5. The second-order valence-corrected chi connectivity index (χ2v) is 2.87. The predicted molar refractivity (Wildman–Crippen MR) is 46.1 cm³/mol. The molecule has 0 heterocycles. The molecule has 11 heavy (non-hydrogen) atoms. The lowest BCUT2D eigenvalue weighted by Crippen LogP contribution is -2.32. The van der Waals surface area contributed by atoms with Crippen molar-refractivity contribution in [3.05, 3.63) is 0 Å². The zero-order chi connectivity index (χ0) is 8.69. The van der Waals surface area contributed by atoms with Crippen LogP contribution in [0, 0.1) is 0 Å². The van der Waals surface area contributed by atoms with Gasteiger partial charge in [-0.05, 0) is 7.05 Å². The molecular formula is C7H16ClNO2. The van der Waals surface area contributed by atoms with Crippen molar-refractivity contribution in [1.29, 1.82) is 0 Å². The standard InChI is InChI=1S/C7H16ClNO2/c1-9(3-4-11-2)6-7(10)5-8/h7,10H,3-6H2,1-2H3. The van der Waals surface area contributed by atoms with Gasteiger partial charge >= 0.3 is 0 Å². The largest absolute Gasteiger partial charge is 0.391 e. The normalized spacial score (nSPS) is 13.9. The maximum Gasteiger partial charge on any atom is 0.0802 e. The van der Waals surface area contributed by atoms with Crippen molar-refractivity contribution in [2.24, 2.45) is 0 Å². The minimum Gasteiger partial charge on any atom is -0.391 e. The van der Waals surface area contributed by atoms with Crippen molar-refractivity contribution >= 4 is 11.6 Å². The maximum absolute atomic E-state index is 9.11. The molecule has 1 N–H and O–H groups in total. The molecule has 1 atom stereocenters. The number of ether oxygens (including phenoxy) is 1. The van der Waals surface area contributed by atoms with Crippen LogP contribution < -0.4 is 0 Å². The van der Waals surface area contributed by atoms with Gasteiger partial charge in [-0.3, -0.25) is 0 Å². The summed E-state index contributed by atoms with van der Waals surface area (Å²) in [7, 11) is 3.58. The van der Waals surface area contributed by atoms with E-state index in [0.717, 1.165) is 6.54 Å². The van der Waals surface area contributed by atoms with E-state index in [-0.39, 0.29) is 5.88 Å². The van der Waals surface area contributed by atoms with Gasteiger partial charge in [-0.2, -0.15) is 0 Å². The first-order chi connectivity index (χ1) is 5.20. The lowest BCUT2D eigenvalue weighted by Gasteiger charge is -2.18. The second-order valence-electron chi connectivity index (χ2n) is 2.56. The van der Waals surface area contributed by atoms with Gasteiger partial charge in [-0.25, -0.2) is 0 Å². The Morgan fingerprint density at radius 3 is 2.73 bits per heavy atom. The minimum absolute atomic E-state index is 0.289. The van der Waals surface area contributed by atoms with E-state index in [0.29, 0.717) is 13.2 Å². The van der Waals surface area contributed by atoms with E-state index >= 15 is 0 Å². The highest BCUT2D eigenvalue weighted by atomic mass is 35.5. The number of methoxy groups -OCH3 is 1. The Hall–Kier alpha value is 0.170.